The second kappa shape index (κ2) is 6.50. The number of carboxylic acid groups (broad SMARTS) is 1. The van der Waals surface area contributed by atoms with Crippen molar-refractivity contribution in [3.8, 4) is 0 Å². The largest absolute Gasteiger partial charge is 0.481 e. The molecule has 1 aromatic heterocycles. The highest BCUT2D eigenvalue weighted by Gasteiger charge is 2.29. The Morgan fingerprint density at radius 1 is 1.40 bits per heavy atom. The molecule has 1 heterocycles. The lowest BCUT2D eigenvalue weighted by Crippen LogP contribution is -2.42. The molecule has 0 aliphatic rings. The Morgan fingerprint density at radius 3 is 2.50 bits per heavy atom. The third-order valence-electron chi connectivity index (χ3n) is 2.94. The van der Waals surface area contributed by atoms with Gasteiger partial charge in [0.2, 0.25) is 5.91 Å². The van der Waals surface area contributed by atoms with Gasteiger partial charge in [0.05, 0.1) is 5.92 Å². The zero-order valence-electron chi connectivity index (χ0n) is 12.5. The molecule has 1 amide bonds. The Labute approximate surface area is 119 Å². The number of pyridine rings is 1. The number of aromatic nitrogens is 1. The van der Waals surface area contributed by atoms with Crippen molar-refractivity contribution in [1.29, 1.82) is 0 Å². The summed E-state index contributed by atoms with van der Waals surface area (Å²) < 4.78 is 0. The summed E-state index contributed by atoms with van der Waals surface area (Å²) in [4.78, 5) is 29.1. The van der Waals surface area contributed by atoms with Crippen molar-refractivity contribution in [2.75, 3.05) is 6.54 Å². The molecule has 0 spiro atoms. The van der Waals surface area contributed by atoms with Crippen LogP contribution in [0.3, 0.4) is 0 Å². The van der Waals surface area contributed by atoms with E-state index in [1.54, 1.807) is 30.3 Å². The van der Waals surface area contributed by atoms with E-state index in [2.05, 4.69) is 4.98 Å². The minimum Gasteiger partial charge on any atom is -0.481 e. The molecular weight excluding hydrogens is 256 g/mol. The molecule has 1 N–H and O–H groups in total. The van der Waals surface area contributed by atoms with Gasteiger partial charge in [-0.05, 0) is 11.6 Å². The summed E-state index contributed by atoms with van der Waals surface area (Å²) in [5, 5.41) is 9.03. The van der Waals surface area contributed by atoms with Crippen LogP contribution in [-0.4, -0.2) is 33.4 Å². The van der Waals surface area contributed by atoms with Gasteiger partial charge < -0.3 is 10.0 Å². The van der Waals surface area contributed by atoms with Gasteiger partial charge in [-0.15, -0.1) is 0 Å². The van der Waals surface area contributed by atoms with Crippen molar-refractivity contribution < 1.29 is 14.7 Å². The normalized spacial score (nSPS) is 12.8. The Kier molecular flexibility index (Phi) is 5.25. The lowest BCUT2D eigenvalue weighted by molar-refractivity contribution is -0.145. The minimum atomic E-state index is -0.900. The first-order valence-electron chi connectivity index (χ1n) is 6.63. The van der Waals surface area contributed by atoms with Crippen LogP contribution in [0.1, 0.15) is 33.3 Å². The maximum absolute atomic E-state index is 12.4. The fourth-order valence-electron chi connectivity index (χ4n) is 1.81. The Morgan fingerprint density at radius 2 is 2.05 bits per heavy atom. The molecule has 0 aliphatic carbocycles. The number of nitrogens with zero attached hydrogens (tertiary/aromatic N) is 2. The predicted molar refractivity (Wildman–Crippen MR) is 75.9 cm³/mol. The monoisotopic (exact) mass is 278 g/mol. The van der Waals surface area contributed by atoms with E-state index in [1.165, 1.54) is 0 Å². The quantitative estimate of drug-likeness (QED) is 0.896. The van der Waals surface area contributed by atoms with Gasteiger partial charge in [0.15, 0.2) is 0 Å². The molecule has 0 aliphatic heterocycles. The number of carboxylic acids is 1. The molecule has 5 nitrogen and oxygen atoms in total. The van der Waals surface area contributed by atoms with Crippen LogP contribution >= 0.6 is 0 Å². The maximum Gasteiger partial charge on any atom is 0.308 e. The van der Waals surface area contributed by atoms with Gasteiger partial charge in [-0.3, -0.25) is 14.6 Å². The molecule has 0 saturated heterocycles. The molecule has 0 fully saturated rings. The summed E-state index contributed by atoms with van der Waals surface area (Å²) in [5.41, 5.74) is 0.350. The number of carbonyl (C=O) groups is 2. The summed E-state index contributed by atoms with van der Waals surface area (Å²) in [7, 11) is 0. The zero-order chi connectivity index (χ0) is 15.3. The third kappa shape index (κ3) is 4.64. The summed E-state index contributed by atoms with van der Waals surface area (Å²) >= 11 is 0. The van der Waals surface area contributed by atoms with Crippen LogP contribution in [0, 0.1) is 11.3 Å². The number of amides is 1. The Balaban J connectivity index is 2.90. The van der Waals surface area contributed by atoms with Crippen molar-refractivity contribution in [3.05, 3.63) is 30.1 Å². The summed E-state index contributed by atoms with van der Waals surface area (Å²) in [6.07, 6.45) is 3.35. The number of hydrogen-bond donors (Lipinski definition) is 1. The molecule has 110 valence electrons. The lowest BCUT2D eigenvalue weighted by Gasteiger charge is -2.30. The summed E-state index contributed by atoms with van der Waals surface area (Å²) in [6, 6.07) is 3.68. The van der Waals surface area contributed by atoms with Crippen LogP contribution < -0.4 is 0 Å². The van der Waals surface area contributed by atoms with Crippen molar-refractivity contribution in [2.45, 2.75) is 34.2 Å². The standard InChI is InChI=1S/C15H22N2O3/c1-11(13(18)19)9-17(14(20)15(2,3)4)10-12-6-5-7-16-8-12/h5-8,11H,9-10H2,1-4H3,(H,18,19). The molecule has 1 aromatic rings. The number of hydrogen-bond acceptors (Lipinski definition) is 3. The van der Waals surface area contributed by atoms with Gasteiger partial charge in [-0.25, -0.2) is 0 Å². The zero-order valence-corrected chi connectivity index (χ0v) is 12.5. The van der Waals surface area contributed by atoms with Gasteiger partial charge in [0.25, 0.3) is 0 Å². The van der Waals surface area contributed by atoms with Crippen LogP contribution in [0.2, 0.25) is 0 Å². The first kappa shape index (κ1) is 16.1. The fourth-order valence-corrected chi connectivity index (χ4v) is 1.81. The Hall–Kier alpha value is -1.91. The second-order valence-electron chi connectivity index (χ2n) is 6.04. The van der Waals surface area contributed by atoms with Crippen molar-refractivity contribution in [1.82, 2.24) is 9.88 Å². The molecule has 0 radical (unpaired) electrons. The van der Waals surface area contributed by atoms with E-state index < -0.39 is 17.3 Å². The highest BCUT2D eigenvalue weighted by Crippen LogP contribution is 2.20. The summed E-state index contributed by atoms with van der Waals surface area (Å²) in [6.45, 7) is 7.67. The summed E-state index contributed by atoms with van der Waals surface area (Å²) in [5.74, 6) is -1.56. The molecule has 1 atom stereocenters. The van der Waals surface area contributed by atoms with E-state index in [1.807, 2.05) is 26.8 Å². The number of carbonyl (C=O) groups excluding carboxylic acids is 1. The number of aliphatic carboxylic acids is 1. The second-order valence-corrected chi connectivity index (χ2v) is 6.04. The van der Waals surface area contributed by atoms with Crippen LogP contribution in [0.5, 0.6) is 0 Å². The molecule has 1 unspecified atom stereocenters. The first-order valence-corrected chi connectivity index (χ1v) is 6.63. The molecule has 0 saturated carbocycles. The van der Waals surface area contributed by atoms with Gasteiger partial charge in [-0.2, -0.15) is 0 Å². The first-order chi connectivity index (χ1) is 9.21. The number of rotatable bonds is 5. The van der Waals surface area contributed by atoms with Crippen molar-refractivity contribution >= 4 is 11.9 Å². The van der Waals surface area contributed by atoms with E-state index in [4.69, 9.17) is 5.11 Å². The predicted octanol–water partition coefficient (Wildman–Crippen LogP) is 2.18. The molecule has 0 aromatic carbocycles. The van der Waals surface area contributed by atoms with E-state index in [0.29, 0.717) is 6.54 Å². The van der Waals surface area contributed by atoms with Crippen LogP contribution in [0.15, 0.2) is 24.5 Å². The molecule has 5 heteroatoms. The highest BCUT2D eigenvalue weighted by atomic mass is 16.4. The fraction of sp³-hybridized carbons (Fsp3) is 0.533. The molecule has 1 rings (SSSR count). The van der Waals surface area contributed by atoms with Crippen LogP contribution in [0.25, 0.3) is 0 Å². The average Bonchev–Trinajstić information content (AvgIpc) is 2.37. The van der Waals surface area contributed by atoms with Gasteiger partial charge in [0, 0.05) is 30.9 Å². The smallest absolute Gasteiger partial charge is 0.308 e. The minimum absolute atomic E-state index is 0.0607. The molecule has 20 heavy (non-hydrogen) atoms. The topological polar surface area (TPSA) is 70.5 Å². The Bertz CT molecular complexity index is 466. The van der Waals surface area contributed by atoms with E-state index in [9.17, 15) is 9.59 Å². The highest BCUT2D eigenvalue weighted by molar-refractivity contribution is 5.82. The van der Waals surface area contributed by atoms with Crippen LogP contribution in [0.4, 0.5) is 0 Å². The van der Waals surface area contributed by atoms with Gasteiger partial charge in [0.1, 0.15) is 0 Å². The maximum atomic E-state index is 12.4. The molecular formula is C15H22N2O3. The third-order valence-corrected chi connectivity index (χ3v) is 2.94. The average molecular weight is 278 g/mol. The lowest BCUT2D eigenvalue weighted by atomic mass is 9.94. The van der Waals surface area contributed by atoms with E-state index in [0.717, 1.165) is 5.56 Å². The van der Waals surface area contributed by atoms with Crippen molar-refractivity contribution in [2.24, 2.45) is 11.3 Å². The van der Waals surface area contributed by atoms with Gasteiger partial charge >= 0.3 is 5.97 Å². The van der Waals surface area contributed by atoms with Crippen LogP contribution in [-0.2, 0) is 16.1 Å². The SMILES string of the molecule is CC(CN(Cc1cccnc1)C(=O)C(C)(C)C)C(=O)O. The van der Waals surface area contributed by atoms with E-state index >= 15 is 0 Å². The van der Waals surface area contributed by atoms with Crippen molar-refractivity contribution in [3.63, 3.8) is 0 Å². The van der Waals surface area contributed by atoms with Gasteiger partial charge in [-0.1, -0.05) is 33.8 Å². The van der Waals surface area contributed by atoms with E-state index in [-0.39, 0.29) is 12.5 Å². The molecule has 0 bridgehead atoms.